The van der Waals surface area contributed by atoms with Gasteiger partial charge < -0.3 is 4.42 Å². The number of halogens is 1. The molecule has 0 spiro atoms. The van der Waals surface area contributed by atoms with Gasteiger partial charge in [-0.2, -0.15) is 0 Å². The zero-order chi connectivity index (χ0) is 17.8. The lowest BCUT2D eigenvalue weighted by molar-refractivity contribution is -0.121. The second-order valence-electron chi connectivity index (χ2n) is 5.21. The van der Waals surface area contributed by atoms with Crippen molar-refractivity contribution in [1.29, 1.82) is 0 Å². The van der Waals surface area contributed by atoms with E-state index in [1.54, 1.807) is 49.6 Å². The molecule has 3 aromatic rings. The second-order valence-corrected chi connectivity index (χ2v) is 6.85. The highest BCUT2D eigenvalue weighted by molar-refractivity contribution is 7.15. The van der Waals surface area contributed by atoms with E-state index in [0.29, 0.717) is 15.8 Å². The summed E-state index contributed by atoms with van der Waals surface area (Å²) in [6, 6.07) is 10.4. The number of hydrogen-bond acceptors (Lipinski definition) is 5. The van der Waals surface area contributed by atoms with Crippen LogP contribution in [0, 0.1) is 6.92 Å². The Morgan fingerprint density at radius 1 is 1.20 bits per heavy atom. The van der Waals surface area contributed by atoms with Crippen LogP contribution in [0.2, 0.25) is 5.02 Å². The summed E-state index contributed by atoms with van der Waals surface area (Å²) in [5.41, 5.74) is 5.81. The SMILES string of the molecule is Cc1sc(-c2ccco2)nc1C(=O)NNC(=O)Cc1ccc(Cl)cc1. The molecule has 0 aliphatic heterocycles. The van der Waals surface area contributed by atoms with Crippen molar-refractivity contribution >= 4 is 34.8 Å². The van der Waals surface area contributed by atoms with Gasteiger partial charge in [0.25, 0.3) is 5.91 Å². The maximum Gasteiger partial charge on any atom is 0.289 e. The van der Waals surface area contributed by atoms with Crippen molar-refractivity contribution in [1.82, 2.24) is 15.8 Å². The fourth-order valence-corrected chi connectivity index (χ4v) is 3.13. The van der Waals surface area contributed by atoms with E-state index in [1.807, 2.05) is 0 Å². The lowest BCUT2D eigenvalue weighted by Crippen LogP contribution is -2.42. The summed E-state index contributed by atoms with van der Waals surface area (Å²) in [6.45, 7) is 1.79. The van der Waals surface area contributed by atoms with Crippen LogP contribution in [0.3, 0.4) is 0 Å². The molecule has 0 fully saturated rings. The Labute approximate surface area is 152 Å². The number of hydrazine groups is 1. The molecule has 1 aromatic carbocycles. The minimum Gasteiger partial charge on any atom is -0.462 e. The molecule has 25 heavy (non-hydrogen) atoms. The van der Waals surface area contributed by atoms with Gasteiger partial charge in [-0.3, -0.25) is 20.4 Å². The molecule has 2 N–H and O–H groups in total. The van der Waals surface area contributed by atoms with Crippen LogP contribution in [0.25, 0.3) is 10.8 Å². The van der Waals surface area contributed by atoms with Crippen LogP contribution in [0.5, 0.6) is 0 Å². The van der Waals surface area contributed by atoms with Crippen molar-refractivity contribution in [2.45, 2.75) is 13.3 Å². The third-order valence-corrected chi connectivity index (χ3v) is 4.57. The molecular weight excluding hydrogens is 362 g/mol. The first-order valence-corrected chi connectivity index (χ1v) is 8.57. The summed E-state index contributed by atoms with van der Waals surface area (Å²) in [5, 5.41) is 1.21. The van der Waals surface area contributed by atoms with Crippen LogP contribution in [-0.2, 0) is 11.2 Å². The van der Waals surface area contributed by atoms with Gasteiger partial charge >= 0.3 is 0 Å². The predicted octanol–water partition coefficient (Wildman–Crippen LogP) is 3.37. The Morgan fingerprint density at radius 3 is 2.64 bits per heavy atom. The fourth-order valence-electron chi connectivity index (χ4n) is 2.13. The number of furan rings is 1. The Bertz CT molecular complexity index is 889. The molecule has 0 saturated heterocycles. The molecule has 2 amide bonds. The number of thiazole rings is 1. The molecule has 0 aliphatic carbocycles. The van der Waals surface area contributed by atoms with Crippen LogP contribution < -0.4 is 10.9 Å². The molecule has 2 heterocycles. The summed E-state index contributed by atoms with van der Waals surface area (Å²) < 4.78 is 5.28. The van der Waals surface area contributed by atoms with Gasteiger partial charge in [-0.15, -0.1) is 11.3 Å². The first-order chi connectivity index (χ1) is 12.0. The summed E-state index contributed by atoms with van der Waals surface area (Å²) in [6.07, 6.45) is 1.67. The third kappa shape index (κ3) is 4.26. The van der Waals surface area contributed by atoms with Gasteiger partial charge in [0.2, 0.25) is 5.91 Å². The minimum absolute atomic E-state index is 0.130. The van der Waals surface area contributed by atoms with E-state index in [1.165, 1.54) is 11.3 Å². The number of amides is 2. The molecule has 0 radical (unpaired) electrons. The maximum absolute atomic E-state index is 12.2. The van der Waals surface area contributed by atoms with Crippen molar-refractivity contribution in [3.05, 3.63) is 63.8 Å². The van der Waals surface area contributed by atoms with Gasteiger partial charge in [-0.05, 0) is 36.8 Å². The highest BCUT2D eigenvalue weighted by Crippen LogP contribution is 2.27. The van der Waals surface area contributed by atoms with E-state index in [-0.39, 0.29) is 18.0 Å². The normalized spacial score (nSPS) is 10.5. The average molecular weight is 376 g/mol. The lowest BCUT2D eigenvalue weighted by atomic mass is 10.1. The largest absolute Gasteiger partial charge is 0.462 e. The van der Waals surface area contributed by atoms with Gasteiger partial charge in [0.05, 0.1) is 12.7 Å². The van der Waals surface area contributed by atoms with E-state index in [4.69, 9.17) is 16.0 Å². The lowest BCUT2D eigenvalue weighted by Gasteiger charge is -2.06. The number of nitrogens with zero attached hydrogens (tertiary/aromatic N) is 1. The van der Waals surface area contributed by atoms with Crippen molar-refractivity contribution in [2.24, 2.45) is 0 Å². The smallest absolute Gasteiger partial charge is 0.289 e. The molecular formula is C17H14ClN3O3S. The Balaban J connectivity index is 1.59. The first-order valence-electron chi connectivity index (χ1n) is 7.38. The van der Waals surface area contributed by atoms with Gasteiger partial charge in [0, 0.05) is 9.90 Å². The summed E-state index contributed by atoms with van der Waals surface area (Å²) in [5.74, 6) is -0.218. The summed E-state index contributed by atoms with van der Waals surface area (Å²) in [4.78, 5) is 29.1. The highest BCUT2D eigenvalue weighted by atomic mass is 35.5. The molecule has 0 unspecified atom stereocenters. The van der Waals surface area contributed by atoms with Crippen LogP contribution >= 0.6 is 22.9 Å². The Hall–Kier alpha value is -2.64. The number of aromatic nitrogens is 1. The van der Waals surface area contributed by atoms with Crippen molar-refractivity contribution in [3.8, 4) is 10.8 Å². The van der Waals surface area contributed by atoms with E-state index in [2.05, 4.69) is 15.8 Å². The molecule has 6 nitrogen and oxygen atoms in total. The molecule has 0 bridgehead atoms. The average Bonchev–Trinajstić information content (AvgIpc) is 3.24. The van der Waals surface area contributed by atoms with Crippen LogP contribution in [0.15, 0.2) is 47.1 Å². The summed E-state index contributed by atoms with van der Waals surface area (Å²) >= 11 is 7.15. The molecule has 0 atom stereocenters. The van der Waals surface area contributed by atoms with Crippen molar-refractivity contribution < 1.29 is 14.0 Å². The minimum atomic E-state index is -0.476. The van der Waals surface area contributed by atoms with Crippen LogP contribution in [0.1, 0.15) is 20.9 Å². The quantitative estimate of drug-likeness (QED) is 0.685. The number of carbonyl (C=O) groups is 2. The van der Waals surface area contributed by atoms with Crippen LogP contribution in [-0.4, -0.2) is 16.8 Å². The number of benzene rings is 1. The fraction of sp³-hybridized carbons (Fsp3) is 0.118. The number of aryl methyl sites for hydroxylation is 1. The van der Waals surface area contributed by atoms with E-state index in [9.17, 15) is 9.59 Å². The second kappa shape index (κ2) is 7.50. The van der Waals surface area contributed by atoms with Gasteiger partial charge in [-0.25, -0.2) is 4.98 Å². The maximum atomic E-state index is 12.2. The van der Waals surface area contributed by atoms with E-state index >= 15 is 0 Å². The third-order valence-electron chi connectivity index (χ3n) is 3.34. The van der Waals surface area contributed by atoms with Gasteiger partial charge in [0.1, 0.15) is 5.69 Å². The van der Waals surface area contributed by atoms with Gasteiger partial charge in [0.15, 0.2) is 10.8 Å². The molecule has 2 aromatic heterocycles. The zero-order valence-electron chi connectivity index (χ0n) is 13.2. The van der Waals surface area contributed by atoms with Crippen molar-refractivity contribution in [3.63, 3.8) is 0 Å². The van der Waals surface area contributed by atoms with E-state index in [0.717, 1.165) is 10.4 Å². The molecule has 0 saturated carbocycles. The first kappa shape index (κ1) is 17.2. The topological polar surface area (TPSA) is 84.2 Å². The molecule has 3 rings (SSSR count). The van der Waals surface area contributed by atoms with Gasteiger partial charge in [-0.1, -0.05) is 23.7 Å². The number of nitrogens with one attached hydrogen (secondary N) is 2. The van der Waals surface area contributed by atoms with Crippen molar-refractivity contribution in [2.75, 3.05) is 0 Å². The molecule has 8 heteroatoms. The Morgan fingerprint density at radius 2 is 1.96 bits per heavy atom. The Kier molecular flexibility index (Phi) is 5.16. The predicted molar refractivity (Wildman–Crippen MR) is 95.3 cm³/mol. The van der Waals surface area contributed by atoms with Crippen LogP contribution in [0.4, 0.5) is 0 Å². The van der Waals surface area contributed by atoms with E-state index < -0.39 is 5.91 Å². The molecule has 0 aliphatic rings. The highest BCUT2D eigenvalue weighted by Gasteiger charge is 2.18. The zero-order valence-corrected chi connectivity index (χ0v) is 14.8. The standard InChI is InChI=1S/C17H14ClN3O3S/c1-10-15(19-17(25-10)13-3-2-8-24-13)16(23)21-20-14(22)9-11-4-6-12(18)7-5-11/h2-8H,9H2,1H3,(H,20,22)(H,21,23). The molecule has 128 valence electrons. The monoisotopic (exact) mass is 375 g/mol. The number of rotatable bonds is 4. The number of carbonyl (C=O) groups excluding carboxylic acids is 2. The summed E-state index contributed by atoms with van der Waals surface area (Å²) in [7, 11) is 0. The number of hydrogen-bond donors (Lipinski definition) is 2.